The van der Waals surface area contributed by atoms with Crippen LogP contribution in [0.3, 0.4) is 0 Å². The summed E-state index contributed by atoms with van der Waals surface area (Å²) in [4.78, 5) is 8.07. The van der Waals surface area contributed by atoms with Gasteiger partial charge in [-0.3, -0.25) is 0 Å². The summed E-state index contributed by atoms with van der Waals surface area (Å²) in [6, 6.07) is 28.0. The normalized spacial score (nSPS) is 16.0. The molecule has 0 radical (unpaired) electrons. The fraction of sp³-hybridized carbons (Fsp3) is 0.194. The Morgan fingerprint density at radius 1 is 0.857 bits per heavy atom. The van der Waals surface area contributed by atoms with E-state index in [1.54, 1.807) is 0 Å². The fourth-order valence-corrected chi connectivity index (χ4v) is 6.87. The van der Waals surface area contributed by atoms with E-state index < -0.39 is 0 Å². The molecule has 0 spiro atoms. The van der Waals surface area contributed by atoms with E-state index in [-0.39, 0.29) is 18.5 Å². The molecule has 0 amide bonds. The first kappa shape index (κ1) is 22.3. The van der Waals surface area contributed by atoms with Gasteiger partial charge in [-0.1, -0.05) is 72.3 Å². The van der Waals surface area contributed by atoms with Gasteiger partial charge < -0.3 is 4.74 Å². The minimum atomic E-state index is -0.196. The molecule has 5 aromatic rings. The quantitative estimate of drug-likeness (QED) is 0.244. The summed E-state index contributed by atoms with van der Waals surface area (Å²) < 4.78 is 6.76. The number of benzene rings is 3. The minimum absolute atomic E-state index is 0. The first-order chi connectivity index (χ1) is 16.8. The van der Waals surface area contributed by atoms with Crippen LogP contribution in [0.1, 0.15) is 46.1 Å². The van der Waals surface area contributed by atoms with Crippen molar-refractivity contribution in [3.63, 3.8) is 0 Å². The lowest BCUT2D eigenvalue weighted by molar-refractivity contribution is 0.243. The average Bonchev–Trinajstić information content (AvgIpc) is 3.26. The number of hydrogen-bond acceptors (Lipinski definition) is 3. The summed E-state index contributed by atoms with van der Waals surface area (Å²) in [6.45, 7) is 2.15. The molecule has 0 fully saturated rings. The van der Waals surface area contributed by atoms with Crippen molar-refractivity contribution in [2.45, 2.75) is 38.7 Å². The number of rotatable bonds is 2. The van der Waals surface area contributed by atoms with Gasteiger partial charge in [0.1, 0.15) is 10.6 Å². The van der Waals surface area contributed by atoms with Crippen LogP contribution >= 0.6 is 23.7 Å². The molecular formula is C31H26ClNOS. The lowest BCUT2D eigenvalue weighted by Gasteiger charge is -2.31. The smallest absolute Gasteiger partial charge is 0.152 e. The zero-order chi connectivity index (χ0) is 22.6. The molecule has 0 bridgehead atoms. The highest BCUT2D eigenvalue weighted by Gasteiger charge is 2.34. The third-order valence-electron chi connectivity index (χ3n) is 7.23. The lowest BCUT2D eigenvalue weighted by Crippen LogP contribution is -2.18. The van der Waals surface area contributed by atoms with Crippen LogP contribution in [0.5, 0.6) is 5.75 Å². The van der Waals surface area contributed by atoms with Gasteiger partial charge in [-0.2, -0.15) is 0 Å². The first-order valence-corrected chi connectivity index (χ1v) is 13.0. The van der Waals surface area contributed by atoms with Crippen molar-refractivity contribution in [1.29, 1.82) is 0 Å². The summed E-state index contributed by atoms with van der Waals surface area (Å²) in [5.74, 6) is 0.909. The number of fused-ring (bicyclic) bond motifs is 6. The number of hydrogen-bond donors (Lipinski definition) is 0. The Kier molecular flexibility index (Phi) is 5.63. The van der Waals surface area contributed by atoms with Gasteiger partial charge in [0, 0.05) is 27.0 Å². The predicted molar refractivity (Wildman–Crippen MR) is 148 cm³/mol. The van der Waals surface area contributed by atoms with Crippen molar-refractivity contribution in [3.05, 3.63) is 106 Å². The highest BCUT2D eigenvalue weighted by Crippen LogP contribution is 2.52. The van der Waals surface area contributed by atoms with Gasteiger partial charge in [0.05, 0.1) is 5.69 Å². The molecule has 1 unspecified atom stereocenters. The van der Waals surface area contributed by atoms with E-state index in [1.807, 2.05) is 11.3 Å². The molecule has 2 aromatic heterocycles. The van der Waals surface area contributed by atoms with E-state index in [1.165, 1.54) is 62.2 Å². The minimum Gasteiger partial charge on any atom is -0.480 e. The van der Waals surface area contributed by atoms with Gasteiger partial charge in [0.25, 0.3) is 0 Å². The summed E-state index contributed by atoms with van der Waals surface area (Å²) in [7, 11) is 0. The van der Waals surface area contributed by atoms with E-state index >= 15 is 0 Å². The number of thiophene rings is 1. The van der Waals surface area contributed by atoms with Crippen LogP contribution in [0.25, 0.3) is 32.6 Å². The van der Waals surface area contributed by atoms with Crippen LogP contribution in [0.4, 0.5) is 0 Å². The van der Waals surface area contributed by atoms with Crippen molar-refractivity contribution in [3.8, 4) is 28.1 Å². The summed E-state index contributed by atoms with van der Waals surface area (Å²) in [5.41, 5.74) is 9.87. The molecular weight excluding hydrogens is 470 g/mol. The van der Waals surface area contributed by atoms with Crippen molar-refractivity contribution >= 4 is 34.0 Å². The topological polar surface area (TPSA) is 22.1 Å². The Hall–Kier alpha value is -3.14. The molecule has 2 aliphatic rings. The van der Waals surface area contributed by atoms with Crippen LogP contribution in [-0.4, -0.2) is 4.98 Å². The van der Waals surface area contributed by atoms with E-state index in [0.29, 0.717) is 0 Å². The summed E-state index contributed by atoms with van der Waals surface area (Å²) >= 11 is 1.90. The number of pyridine rings is 1. The Bertz CT molecular complexity index is 1540. The average molecular weight is 496 g/mol. The maximum absolute atomic E-state index is 6.76. The van der Waals surface area contributed by atoms with Gasteiger partial charge in [-0.15, -0.1) is 23.7 Å². The Morgan fingerprint density at radius 3 is 2.43 bits per heavy atom. The largest absolute Gasteiger partial charge is 0.480 e. The second-order valence-corrected chi connectivity index (χ2v) is 10.5. The molecule has 0 N–H and O–H groups in total. The monoisotopic (exact) mass is 495 g/mol. The van der Waals surface area contributed by atoms with Gasteiger partial charge in [0.2, 0.25) is 0 Å². The molecule has 1 aliphatic heterocycles. The third-order valence-corrected chi connectivity index (χ3v) is 8.42. The molecule has 3 aromatic carbocycles. The lowest BCUT2D eigenvalue weighted by atomic mass is 9.84. The molecule has 2 nitrogen and oxygen atoms in total. The maximum atomic E-state index is 6.76. The SMILES string of the molecule is Cc1ccc(-c2c3c(nc4sc5c(c24)CCCC5)-c2ccccc2OC3c2ccccc2)cc1.Cl. The standard InChI is InChI=1S/C31H25NOS.ClH/c1-19-15-17-20(18-16-19)26-27-23-12-6-8-14-25(23)34-31(27)32-29-22-11-5-7-13-24(22)33-30(28(26)29)21-9-3-2-4-10-21;/h2-5,7,9-11,13,15-18,30H,6,8,12,14H2,1H3;1H. The maximum Gasteiger partial charge on any atom is 0.152 e. The van der Waals surface area contributed by atoms with E-state index in [4.69, 9.17) is 9.72 Å². The highest BCUT2D eigenvalue weighted by molar-refractivity contribution is 7.19. The molecule has 174 valence electrons. The van der Waals surface area contributed by atoms with Crippen LogP contribution in [0.15, 0.2) is 78.9 Å². The van der Waals surface area contributed by atoms with E-state index in [0.717, 1.165) is 29.0 Å². The summed E-state index contributed by atoms with van der Waals surface area (Å²) in [5, 5.41) is 1.35. The molecule has 0 saturated heterocycles. The number of ether oxygens (including phenoxy) is 1. The van der Waals surface area contributed by atoms with Crippen LogP contribution in [-0.2, 0) is 12.8 Å². The molecule has 35 heavy (non-hydrogen) atoms. The van der Waals surface area contributed by atoms with Crippen molar-refractivity contribution in [2.24, 2.45) is 0 Å². The summed E-state index contributed by atoms with van der Waals surface area (Å²) in [6.07, 6.45) is 4.65. The van der Waals surface area contributed by atoms with E-state index in [2.05, 4.69) is 85.8 Å². The van der Waals surface area contributed by atoms with Crippen LogP contribution in [0, 0.1) is 6.92 Å². The molecule has 3 heterocycles. The second-order valence-electron chi connectivity index (χ2n) is 9.41. The molecule has 1 aliphatic carbocycles. The molecule has 4 heteroatoms. The zero-order valence-corrected chi connectivity index (χ0v) is 21.2. The number of aromatic nitrogens is 1. The Balaban J connectivity index is 0.00000229. The number of halogens is 1. The van der Waals surface area contributed by atoms with Gasteiger partial charge in [0.15, 0.2) is 6.10 Å². The third kappa shape index (κ3) is 3.57. The Morgan fingerprint density at radius 2 is 1.60 bits per heavy atom. The van der Waals surface area contributed by atoms with Gasteiger partial charge in [-0.05, 0) is 61.4 Å². The molecule has 1 atom stereocenters. The number of aryl methyl sites for hydroxylation is 3. The fourth-order valence-electron chi connectivity index (χ4n) is 5.60. The predicted octanol–water partition coefficient (Wildman–Crippen LogP) is 8.72. The molecule has 0 saturated carbocycles. The van der Waals surface area contributed by atoms with Crippen molar-refractivity contribution in [2.75, 3.05) is 0 Å². The van der Waals surface area contributed by atoms with Gasteiger partial charge in [-0.25, -0.2) is 4.98 Å². The van der Waals surface area contributed by atoms with Gasteiger partial charge >= 0.3 is 0 Å². The van der Waals surface area contributed by atoms with Crippen LogP contribution < -0.4 is 4.74 Å². The number of nitrogens with zero attached hydrogens (tertiary/aromatic N) is 1. The first-order valence-electron chi connectivity index (χ1n) is 12.1. The second kappa shape index (κ2) is 8.82. The molecule has 7 rings (SSSR count). The van der Waals surface area contributed by atoms with Crippen molar-refractivity contribution in [1.82, 2.24) is 4.98 Å². The van der Waals surface area contributed by atoms with Crippen LogP contribution in [0.2, 0.25) is 0 Å². The van der Waals surface area contributed by atoms with Crippen molar-refractivity contribution < 1.29 is 4.74 Å². The highest BCUT2D eigenvalue weighted by atomic mass is 35.5. The Labute approximate surface area is 216 Å². The number of para-hydroxylation sites is 1. The van der Waals surface area contributed by atoms with E-state index in [9.17, 15) is 0 Å². The zero-order valence-electron chi connectivity index (χ0n) is 19.6.